The maximum Gasteiger partial charge on any atom is 0.370 e. The lowest BCUT2D eigenvalue weighted by Crippen LogP contribution is -2.57. The van der Waals surface area contributed by atoms with Crippen molar-refractivity contribution >= 4 is 17.4 Å². The third-order valence-corrected chi connectivity index (χ3v) is 6.12. The van der Waals surface area contributed by atoms with E-state index in [1.807, 2.05) is 66.7 Å². The van der Waals surface area contributed by atoms with Crippen molar-refractivity contribution in [1.29, 1.82) is 0 Å². The molecule has 1 aromatic heterocycles. The van der Waals surface area contributed by atoms with Gasteiger partial charge in [0.15, 0.2) is 5.69 Å². The molecular formula is C27H28N3O3+. The number of carbonyl (C=O) groups excluding carboxylic acids is 2. The Labute approximate surface area is 193 Å². The van der Waals surface area contributed by atoms with Gasteiger partial charge in [0.1, 0.15) is 6.54 Å². The number of nitrogens with two attached hydrogens (primary N) is 1. The van der Waals surface area contributed by atoms with Gasteiger partial charge in [0.2, 0.25) is 5.70 Å². The Morgan fingerprint density at radius 2 is 1.61 bits per heavy atom. The van der Waals surface area contributed by atoms with Crippen molar-refractivity contribution in [3.8, 4) is 0 Å². The molecule has 3 N–H and O–H groups in total. The number of benzene rings is 2. The standard InChI is InChI=1S/C27H27N3O3/c28-26(32)25-23(21-13-6-2-7-14-21)22-15-10-16-29-24(22)27(33)30(25,17-8-3-9-18-31)19-20-11-4-1-5-12-20/h1-2,4-7,10-16,31H,3,8-9,17-19H2,(H-,28,32)/p+1. The minimum atomic E-state index is -0.616. The summed E-state index contributed by atoms with van der Waals surface area (Å²) in [6.45, 7) is 0.770. The molecule has 0 radical (unpaired) electrons. The van der Waals surface area contributed by atoms with Crippen molar-refractivity contribution in [3.63, 3.8) is 0 Å². The van der Waals surface area contributed by atoms with Crippen molar-refractivity contribution in [2.75, 3.05) is 13.2 Å². The van der Waals surface area contributed by atoms with Crippen LogP contribution in [0.25, 0.3) is 5.57 Å². The van der Waals surface area contributed by atoms with Gasteiger partial charge in [0.05, 0.1) is 12.1 Å². The van der Waals surface area contributed by atoms with Gasteiger partial charge in [-0.3, -0.25) is 4.79 Å². The number of rotatable bonds is 9. The van der Waals surface area contributed by atoms with Gasteiger partial charge < -0.3 is 10.8 Å². The second-order valence-corrected chi connectivity index (χ2v) is 8.28. The number of hydrogen-bond donors (Lipinski definition) is 2. The Hall–Kier alpha value is -3.61. The van der Waals surface area contributed by atoms with Gasteiger partial charge in [0.25, 0.3) is 0 Å². The van der Waals surface area contributed by atoms with Crippen LogP contribution in [0.15, 0.2) is 84.7 Å². The van der Waals surface area contributed by atoms with Crippen LogP contribution >= 0.6 is 0 Å². The van der Waals surface area contributed by atoms with Gasteiger partial charge in [-0.05, 0) is 30.9 Å². The molecule has 6 nitrogen and oxygen atoms in total. The molecule has 2 aromatic carbocycles. The third kappa shape index (κ3) is 4.35. The minimum Gasteiger partial charge on any atom is -0.396 e. The normalized spacial score (nSPS) is 17.7. The molecule has 1 aliphatic heterocycles. The predicted octanol–water partition coefficient (Wildman–Crippen LogP) is 3.66. The average molecular weight is 443 g/mol. The molecule has 0 saturated carbocycles. The second-order valence-electron chi connectivity index (χ2n) is 8.28. The van der Waals surface area contributed by atoms with E-state index in [9.17, 15) is 14.7 Å². The zero-order chi connectivity index (χ0) is 23.3. The van der Waals surface area contributed by atoms with E-state index in [1.54, 1.807) is 12.3 Å². The molecule has 0 spiro atoms. The summed E-state index contributed by atoms with van der Waals surface area (Å²) < 4.78 is -0.223. The van der Waals surface area contributed by atoms with Crippen LogP contribution in [0.1, 0.15) is 46.4 Å². The highest BCUT2D eigenvalue weighted by molar-refractivity contribution is 6.10. The number of pyridine rings is 1. The van der Waals surface area contributed by atoms with E-state index in [0.29, 0.717) is 48.5 Å². The lowest BCUT2D eigenvalue weighted by Gasteiger charge is -2.40. The quantitative estimate of drug-likeness (QED) is 0.391. The molecule has 0 saturated heterocycles. The number of primary amides is 1. The zero-order valence-electron chi connectivity index (χ0n) is 18.5. The van der Waals surface area contributed by atoms with Crippen LogP contribution < -0.4 is 5.73 Å². The van der Waals surface area contributed by atoms with E-state index >= 15 is 0 Å². The molecule has 33 heavy (non-hydrogen) atoms. The fraction of sp³-hybridized carbons (Fsp3) is 0.222. The summed E-state index contributed by atoms with van der Waals surface area (Å²) in [6, 6.07) is 22.8. The summed E-state index contributed by atoms with van der Waals surface area (Å²) in [5.74, 6) is -0.846. The summed E-state index contributed by atoms with van der Waals surface area (Å²) in [6.07, 6.45) is 3.63. The van der Waals surface area contributed by atoms with E-state index in [2.05, 4.69) is 4.98 Å². The molecule has 0 aliphatic carbocycles. The van der Waals surface area contributed by atoms with Gasteiger partial charge in [-0.1, -0.05) is 66.7 Å². The average Bonchev–Trinajstić information content (AvgIpc) is 2.85. The number of quaternary nitrogens is 1. The largest absolute Gasteiger partial charge is 0.396 e. The predicted molar refractivity (Wildman–Crippen MR) is 126 cm³/mol. The number of aliphatic hydroxyl groups excluding tert-OH is 1. The van der Waals surface area contributed by atoms with E-state index in [4.69, 9.17) is 5.73 Å². The first kappa shape index (κ1) is 22.6. The number of aromatic nitrogens is 1. The van der Waals surface area contributed by atoms with Gasteiger partial charge in [-0.15, -0.1) is 0 Å². The van der Waals surface area contributed by atoms with Crippen LogP contribution in [0.4, 0.5) is 0 Å². The fourth-order valence-corrected chi connectivity index (χ4v) is 4.66. The molecule has 2 heterocycles. The summed E-state index contributed by atoms with van der Waals surface area (Å²) in [5, 5.41) is 9.25. The maximum atomic E-state index is 14.1. The van der Waals surface area contributed by atoms with Crippen molar-refractivity contribution in [1.82, 2.24) is 4.98 Å². The van der Waals surface area contributed by atoms with Gasteiger partial charge >= 0.3 is 11.8 Å². The molecule has 168 valence electrons. The van der Waals surface area contributed by atoms with Gasteiger partial charge in [0, 0.05) is 23.9 Å². The Morgan fingerprint density at radius 3 is 2.27 bits per heavy atom. The lowest BCUT2D eigenvalue weighted by atomic mass is 9.87. The lowest BCUT2D eigenvalue weighted by molar-refractivity contribution is -0.820. The summed E-state index contributed by atoms with van der Waals surface area (Å²) in [7, 11) is 0. The fourth-order valence-electron chi connectivity index (χ4n) is 4.66. The van der Waals surface area contributed by atoms with Crippen LogP contribution in [0.5, 0.6) is 0 Å². The van der Waals surface area contributed by atoms with E-state index in [0.717, 1.165) is 17.5 Å². The monoisotopic (exact) mass is 442 g/mol. The Morgan fingerprint density at radius 1 is 0.909 bits per heavy atom. The number of unbranched alkanes of at least 4 members (excludes halogenated alkanes) is 2. The van der Waals surface area contributed by atoms with E-state index in [-0.39, 0.29) is 17.0 Å². The van der Waals surface area contributed by atoms with Crippen molar-refractivity contribution in [2.24, 2.45) is 5.73 Å². The molecular weight excluding hydrogens is 414 g/mol. The number of aliphatic hydroxyl groups is 1. The molecule has 1 atom stereocenters. The van der Waals surface area contributed by atoms with Crippen LogP contribution in [-0.2, 0) is 11.3 Å². The topological polar surface area (TPSA) is 93.3 Å². The molecule has 4 rings (SSSR count). The summed E-state index contributed by atoms with van der Waals surface area (Å²) >= 11 is 0. The first-order valence-corrected chi connectivity index (χ1v) is 11.2. The Bertz CT molecular complexity index is 1180. The van der Waals surface area contributed by atoms with Crippen LogP contribution in [0, 0.1) is 0 Å². The summed E-state index contributed by atoms with van der Waals surface area (Å²) in [4.78, 5) is 31.7. The van der Waals surface area contributed by atoms with Gasteiger partial charge in [-0.2, -0.15) is 0 Å². The molecule has 2 amide bonds. The molecule has 1 aliphatic rings. The number of amides is 2. The van der Waals surface area contributed by atoms with Crippen molar-refractivity contribution in [3.05, 3.63) is 107 Å². The van der Waals surface area contributed by atoms with Crippen LogP contribution in [0.2, 0.25) is 0 Å². The highest BCUT2D eigenvalue weighted by Gasteiger charge is 2.51. The molecule has 6 heteroatoms. The zero-order valence-corrected chi connectivity index (χ0v) is 18.5. The maximum absolute atomic E-state index is 14.1. The second kappa shape index (κ2) is 9.90. The molecule has 0 fully saturated rings. The smallest absolute Gasteiger partial charge is 0.370 e. The van der Waals surface area contributed by atoms with E-state index in [1.165, 1.54) is 0 Å². The van der Waals surface area contributed by atoms with E-state index < -0.39 is 5.91 Å². The number of fused-ring (bicyclic) bond motifs is 1. The number of hydrogen-bond acceptors (Lipinski definition) is 4. The van der Waals surface area contributed by atoms with Crippen molar-refractivity contribution < 1.29 is 19.2 Å². The highest BCUT2D eigenvalue weighted by atomic mass is 16.3. The number of carbonyl (C=O) groups is 2. The first-order chi connectivity index (χ1) is 16.1. The molecule has 3 aromatic rings. The molecule has 0 bridgehead atoms. The van der Waals surface area contributed by atoms with Crippen molar-refractivity contribution in [2.45, 2.75) is 25.8 Å². The Kier molecular flexibility index (Phi) is 6.77. The minimum absolute atomic E-state index is 0.0881. The Balaban J connectivity index is 1.99. The van der Waals surface area contributed by atoms with Crippen LogP contribution in [-0.4, -0.2) is 39.5 Å². The molecule has 1 unspecified atom stereocenters. The third-order valence-electron chi connectivity index (χ3n) is 6.12. The van der Waals surface area contributed by atoms with Gasteiger partial charge in [-0.25, -0.2) is 14.3 Å². The summed E-state index contributed by atoms with van der Waals surface area (Å²) in [5.41, 5.74) is 9.72. The first-order valence-electron chi connectivity index (χ1n) is 11.2. The van der Waals surface area contributed by atoms with Crippen LogP contribution in [0.3, 0.4) is 0 Å². The SMILES string of the molecule is NC(=O)C1=C(c2ccccc2)c2cccnc2C(=O)[N+]1(CCCCCO)Cc1ccccc1. The number of nitrogens with zero attached hydrogens (tertiary/aromatic N) is 2. The highest BCUT2D eigenvalue weighted by Crippen LogP contribution is 2.41.